The second kappa shape index (κ2) is 4.85. The zero-order valence-electron chi connectivity index (χ0n) is 10.8. The van der Waals surface area contributed by atoms with Crippen molar-refractivity contribution in [3.8, 4) is 5.75 Å². The Morgan fingerprint density at radius 1 is 1.39 bits per heavy atom. The van der Waals surface area contributed by atoms with Crippen molar-refractivity contribution in [3.05, 3.63) is 29.6 Å². The van der Waals surface area contributed by atoms with Crippen LogP contribution in [0.4, 0.5) is 4.39 Å². The number of aliphatic hydroxyl groups excluding tert-OH is 1. The fraction of sp³-hybridized carbons (Fsp3) is 0.500. The number of halogens is 1. The Kier molecular flexibility index (Phi) is 4.02. The van der Waals surface area contributed by atoms with Gasteiger partial charge >= 0.3 is 0 Å². The van der Waals surface area contributed by atoms with Crippen molar-refractivity contribution in [2.24, 2.45) is 0 Å². The molecule has 1 atom stereocenters. The number of methoxy groups -OCH3 is 1. The predicted molar refractivity (Wildman–Crippen MR) is 66.8 cm³/mol. The van der Waals surface area contributed by atoms with E-state index in [-0.39, 0.29) is 11.3 Å². The Bertz CT molecular complexity index is 537. The summed E-state index contributed by atoms with van der Waals surface area (Å²) >= 11 is 0. The van der Waals surface area contributed by atoms with Crippen molar-refractivity contribution in [1.29, 1.82) is 0 Å². The topological polar surface area (TPSA) is 63.6 Å². The molecule has 1 aromatic rings. The number of sulfone groups is 1. The smallest absolute Gasteiger partial charge is 0.170 e. The van der Waals surface area contributed by atoms with Crippen molar-refractivity contribution >= 4 is 9.84 Å². The van der Waals surface area contributed by atoms with Gasteiger partial charge in [0.1, 0.15) is 6.10 Å². The Labute approximate surface area is 106 Å². The summed E-state index contributed by atoms with van der Waals surface area (Å²) in [5.74, 6) is -0.778. The number of rotatable bonds is 4. The summed E-state index contributed by atoms with van der Waals surface area (Å²) in [4.78, 5) is 0. The second-order valence-electron chi connectivity index (χ2n) is 4.64. The molecule has 1 rings (SSSR count). The molecule has 0 spiro atoms. The predicted octanol–water partition coefficient (Wildman–Crippen LogP) is 1.69. The van der Waals surface area contributed by atoms with Crippen LogP contribution in [0.25, 0.3) is 0 Å². The minimum absolute atomic E-state index is 0.0316. The SMILES string of the molecule is COc1cccc(C(O)C(C)(C)S(C)(=O)=O)c1F. The molecule has 1 aromatic carbocycles. The molecule has 4 nitrogen and oxygen atoms in total. The van der Waals surface area contributed by atoms with Crippen LogP contribution in [0.2, 0.25) is 0 Å². The maximum Gasteiger partial charge on any atom is 0.170 e. The normalized spacial score (nSPS) is 14.3. The highest BCUT2D eigenvalue weighted by Gasteiger charge is 2.40. The van der Waals surface area contributed by atoms with E-state index in [2.05, 4.69) is 0 Å². The molecular weight excluding hydrogens is 259 g/mol. The lowest BCUT2D eigenvalue weighted by Crippen LogP contribution is -2.38. The average Bonchev–Trinajstić information content (AvgIpc) is 2.27. The molecule has 0 bridgehead atoms. The van der Waals surface area contributed by atoms with Crippen molar-refractivity contribution in [2.45, 2.75) is 24.7 Å². The molecule has 102 valence electrons. The number of hydrogen-bond acceptors (Lipinski definition) is 4. The molecule has 1 N–H and O–H groups in total. The van der Waals surface area contributed by atoms with Gasteiger partial charge in [0.2, 0.25) is 0 Å². The minimum Gasteiger partial charge on any atom is -0.494 e. The lowest BCUT2D eigenvalue weighted by Gasteiger charge is -2.29. The van der Waals surface area contributed by atoms with E-state index in [1.807, 2.05) is 0 Å². The summed E-state index contributed by atoms with van der Waals surface area (Å²) in [5.41, 5.74) is -0.0928. The van der Waals surface area contributed by atoms with Gasteiger partial charge in [-0.3, -0.25) is 0 Å². The number of ether oxygens (including phenoxy) is 1. The van der Waals surface area contributed by atoms with Crippen LogP contribution >= 0.6 is 0 Å². The van der Waals surface area contributed by atoms with Crippen molar-refractivity contribution in [1.82, 2.24) is 0 Å². The van der Waals surface area contributed by atoms with Gasteiger partial charge in [0.25, 0.3) is 0 Å². The maximum absolute atomic E-state index is 14.0. The number of aliphatic hydroxyl groups is 1. The summed E-state index contributed by atoms with van der Waals surface area (Å²) < 4.78 is 40.5. The summed E-state index contributed by atoms with van der Waals surface area (Å²) in [6.45, 7) is 2.71. The summed E-state index contributed by atoms with van der Waals surface area (Å²) in [6, 6.07) is 4.24. The van der Waals surface area contributed by atoms with E-state index < -0.39 is 26.5 Å². The van der Waals surface area contributed by atoms with Gasteiger partial charge in [-0.1, -0.05) is 12.1 Å². The van der Waals surface area contributed by atoms with Gasteiger partial charge < -0.3 is 9.84 Å². The Hall–Kier alpha value is -1.14. The molecule has 0 radical (unpaired) electrons. The van der Waals surface area contributed by atoms with E-state index in [4.69, 9.17) is 4.74 Å². The summed E-state index contributed by atoms with van der Waals surface area (Å²) in [5, 5.41) is 10.1. The highest BCUT2D eigenvalue weighted by molar-refractivity contribution is 7.92. The molecule has 0 aliphatic rings. The lowest BCUT2D eigenvalue weighted by molar-refractivity contribution is 0.134. The number of benzene rings is 1. The molecule has 18 heavy (non-hydrogen) atoms. The van der Waals surface area contributed by atoms with Crippen LogP contribution in [0.1, 0.15) is 25.5 Å². The first-order valence-electron chi connectivity index (χ1n) is 5.33. The van der Waals surface area contributed by atoms with Crippen LogP contribution in [0.5, 0.6) is 5.75 Å². The standard InChI is InChI=1S/C12H17FO4S/c1-12(2,18(4,15)16)11(14)8-6-5-7-9(17-3)10(8)13/h5-7,11,14H,1-4H3. The minimum atomic E-state index is -3.54. The van der Waals surface area contributed by atoms with E-state index in [0.717, 1.165) is 6.26 Å². The molecule has 0 aliphatic heterocycles. The van der Waals surface area contributed by atoms with Crippen molar-refractivity contribution in [2.75, 3.05) is 13.4 Å². The molecule has 0 aliphatic carbocycles. The van der Waals surface area contributed by atoms with E-state index in [0.29, 0.717) is 0 Å². The highest BCUT2D eigenvalue weighted by atomic mass is 32.2. The molecule has 0 aromatic heterocycles. The first kappa shape index (κ1) is 14.9. The zero-order chi connectivity index (χ0) is 14.1. The summed E-state index contributed by atoms with van der Waals surface area (Å²) in [7, 11) is -2.24. The van der Waals surface area contributed by atoms with Gasteiger partial charge in [0, 0.05) is 11.8 Å². The van der Waals surface area contributed by atoms with Gasteiger partial charge in [-0.2, -0.15) is 0 Å². The van der Waals surface area contributed by atoms with Crippen molar-refractivity contribution in [3.63, 3.8) is 0 Å². The van der Waals surface area contributed by atoms with Gasteiger partial charge in [-0.25, -0.2) is 12.8 Å². The molecule has 0 fully saturated rings. The van der Waals surface area contributed by atoms with Gasteiger partial charge in [0.15, 0.2) is 21.4 Å². The summed E-state index contributed by atoms with van der Waals surface area (Å²) in [6.07, 6.45) is -0.462. The fourth-order valence-electron chi connectivity index (χ4n) is 1.47. The average molecular weight is 276 g/mol. The third-order valence-electron chi connectivity index (χ3n) is 3.12. The lowest BCUT2D eigenvalue weighted by atomic mass is 9.97. The number of hydrogen-bond donors (Lipinski definition) is 1. The maximum atomic E-state index is 14.0. The Balaban J connectivity index is 3.32. The quantitative estimate of drug-likeness (QED) is 0.909. The van der Waals surface area contributed by atoms with Crippen molar-refractivity contribution < 1.29 is 22.7 Å². The van der Waals surface area contributed by atoms with E-state index >= 15 is 0 Å². The highest BCUT2D eigenvalue weighted by Crippen LogP contribution is 2.35. The Morgan fingerprint density at radius 3 is 2.39 bits per heavy atom. The Morgan fingerprint density at radius 2 is 1.94 bits per heavy atom. The molecule has 1 unspecified atom stereocenters. The van der Waals surface area contributed by atoms with Crippen LogP contribution < -0.4 is 4.74 Å². The first-order chi connectivity index (χ1) is 8.13. The second-order valence-corrected chi connectivity index (χ2v) is 7.24. The van der Waals surface area contributed by atoms with E-state index in [1.165, 1.54) is 39.2 Å². The van der Waals surface area contributed by atoms with Crippen LogP contribution in [-0.2, 0) is 9.84 Å². The molecule has 0 saturated carbocycles. The third-order valence-corrected chi connectivity index (χ3v) is 5.26. The monoisotopic (exact) mass is 276 g/mol. The molecule has 0 amide bonds. The van der Waals surface area contributed by atoms with Crippen LogP contribution in [0, 0.1) is 5.82 Å². The van der Waals surface area contributed by atoms with Crippen LogP contribution in [-0.4, -0.2) is 31.6 Å². The molecular formula is C12H17FO4S. The van der Waals surface area contributed by atoms with Crippen LogP contribution in [0.3, 0.4) is 0 Å². The van der Waals surface area contributed by atoms with Crippen LogP contribution in [0.15, 0.2) is 18.2 Å². The largest absolute Gasteiger partial charge is 0.494 e. The van der Waals surface area contributed by atoms with E-state index in [1.54, 1.807) is 0 Å². The fourth-order valence-corrected chi connectivity index (χ4v) is 2.01. The molecule has 6 heteroatoms. The molecule has 0 saturated heterocycles. The van der Waals surface area contributed by atoms with Gasteiger partial charge in [-0.15, -0.1) is 0 Å². The van der Waals surface area contributed by atoms with E-state index in [9.17, 15) is 17.9 Å². The van der Waals surface area contributed by atoms with Gasteiger partial charge in [-0.05, 0) is 19.9 Å². The zero-order valence-corrected chi connectivity index (χ0v) is 11.6. The van der Waals surface area contributed by atoms with Gasteiger partial charge in [0.05, 0.1) is 11.9 Å². The molecule has 0 heterocycles. The first-order valence-corrected chi connectivity index (χ1v) is 7.22. The third kappa shape index (κ3) is 2.49.